The van der Waals surface area contributed by atoms with E-state index in [0.29, 0.717) is 0 Å². The van der Waals surface area contributed by atoms with Gasteiger partial charge in [0, 0.05) is 3.57 Å². The van der Waals surface area contributed by atoms with Gasteiger partial charge >= 0.3 is 0 Å². The summed E-state index contributed by atoms with van der Waals surface area (Å²) in [4.78, 5) is 0. The predicted octanol–water partition coefficient (Wildman–Crippen LogP) is 3.78. The van der Waals surface area contributed by atoms with Crippen molar-refractivity contribution >= 4 is 22.6 Å². The van der Waals surface area contributed by atoms with Crippen molar-refractivity contribution in [3.05, 3.63) is 40.0 Å². The maximum atomic E-state index is 5.82. The van der Waals surface area contributed by atoms with E-state index in [-0.39, 0.29) is 6.10 Å². The SMILES string of the molecule is Ic1ccc(OC2C=CCCC2)cc1. The Bertz CT molecular complexity index is 316. The van der Waals surface area contributed by atoms with Crippen molar-refractivity contribution in [1.29, 1.82) is 0 Å². The van der Waals surface area contributed by atoms with Gasteiger partial charge in [0.15, 0.2) is 0 Å². The minimum atomic E-state index is 0.281. The fourth-order valence-corrected chi connectivity index (χ4v) is 1.93. The second kappa shape index (κ2) is 4.82. The number of hydrogen-bond acceptors (Lipinski definition) is 1. The Hall–Kier alpha value is -0.510. The second-order valence-electron chi connectivity index (χ2n) is 3.47. The van der Waals surface area contributed by atoms with Crippen molar-refractivity contribution in [3.8, 4) is 5.75 Å². The van der Waals surface area contributed by atoms with E-state index in [1.165, 1.54) is 16.4 Å². The molecule has 1 aromatic rings. The molecule has 1 unspecified atom stereocenters. The lowest BCUT2D eigenvalue weighted by atomic mass is 10.1. The number of allylic oxidation sites excluding steroid dienone is 1. The van der Waals surface area contributed by atoms with Crippen molar-refractivity contribution in [2.45, 2.75) is 25.4 Å². The number of benzene rings is 1. The van der Waals surface area contributed by atoms with E-state index in [1.54, 1.807) is 0 Å². The lowest BCUT2D eigenvalue weighted by Gasteiger charge is -2.18. The van der Waals surface area contributed by atoms with Crippen LogP contribution in [0, 0.1) is 3.57 Å². The van der Waals surface area contributed by atoms with E-state index in [0.717, 1.165) is 12.2 Å². The third-order valence-electron chi connectivity index (χ3n) is 2.31. The molecule has 0 heterocycles. The summed E-state index contributed by atoms with van der Waals surface area (Å²) in [6.07, 6.45) is 8.24. The Morgan fingerprint density at radius 2 is 2.00 bits per heavy atom. The number of rotatable bonds is 2. The minimum Gasteiger partial charge on any atom is -0.486 e. The highest BCUT2D eigenvalue weighted by Gasteiger charge is 2.09. The summed E-state index contributed by atoms with van der Waals surface area (Å²) in [7, 11) is 0. The minimum absolute atomic E-state index is 0.281. The van der Waals surface area contributed by atoms with Crippen molar-refractivity contribution in [2.24, 2.45) is 0 Å². The van der Waals surface area contributed by atoms with Gasteiger partial charge in [-0.2, -0.15) is 0 Å². The Morgan fingerprint density at radius 1 is 1.21 bits per heavy atom. The molecule has 0 N–H and O–H groups in total. The van der Waals surface area contributed by atoms with Gasteiger partial charge in [0.2, 0.25) is 0 Å². The third-order valence-corrected chi connectivity index (χ3v) is 3.03. The molecule has 1 atom stereocenters. The first-order chi connectivity index (χ1) is 6.84. The fourth-order valence-electron chi connectivity index (χ4n) is 1.57. The summed E-state index contributed by atoms with van der Waals surface area (Å²) >= 11 is 2.30. The van der Waals surface area contributed by atoms with Gasteiger partial charge in [-0.05, 0) is 72.2 Å². The first kappa shape index (κ1) is 10.0. The summed E-state index contributed by atoms with van der Waals surface area (Å²) in [6.45, 7) is 0. The van der Waals surface area contributed by atoms with Crippen LogP contribution in [0.3, 0.4) is 0 Å². The number of halogens is 1. The van der Waals surface area contributed by atoms with E-state index >= 15 is 0 Å². The smallest absolute Gasteiger partial charge is 0.120 e. The predicted molar refractivity (Wildman–Crippen MR) is 66.6 cm³/mol. The molecule has 0 aromatic heterocycles. The zero-order valence-electron chi connectivity index (χ0n) is 7.95. The highest BCUT2D eigenvalue weighted by atomic mass is 127. The molecule has 2 rings (SSSR count). The molecule has 74 valence electrons. The van der Waals surface area contributed by atoms with Crippen LogP contribution in [0.15, 0.2) is 36.4 Å². The molecule has 0 amide bonds. The van der Waals surface area contributed by atoms with Crippen LogP contribution in [-0.2, 0) is 0 Å². The van der Waals surface area contributed by atoms with Gasteiger partial charge in [0.05, 0.1) is 0 Å². The van der Waals surface area contributed by atoms with Gasteiger partial charge in [-0.15, -0.1) is 0 Å². The first-order valence-corrected chi connectivity index (χ1v) is 6.01. The summed E-state index contributed by atoms with van der Waals surface area (Å²) in [5, 5.41) is 0. The Morgan fingerprint density at radius 3 is 2.64 bits per heavy atom. The van der Waals surface area contributed by atoms with Gasteiger partial charge in [0.1, 0.15) is 11.9 Å². The molecule has 1 aliphatic rings. The van der Waals surface area contributed by atoms with Crippen molar-refractivity contribution in [3.63, 3.8) is 0 Å². The molecule has 1 aromatic carbocycles. The monoisotopic (exact) mass is 300 g/mol. The van der Waals surface area contributed by atoms with E-state index in [1.807, 2.05) is 12.1 Å². The molecule has 2 heteroatoms. The van der Waals surface area contributed by atoms with Gasteiger partial charge < -0.3 is 4.74 Å². The molecule has 0 saturated heterocycles. The van der Waals surface area contributed by atoms with Crippen LogP contribution in [0.4, 0.5) is 0 Å². The van der Waals surface area contributed by atoms with Crippen molar-refractivity contribution in [1.82, 2.24) is 0 Å². The fraction of sp³-hybridized carbons (Fsp3) is 0.333. The van der Waals surface area contributed by atoms with Crippen LogP contribution in [0.1, 0.15) is 19.3 Å². The molecule has 0 saturated carbocycles. The summed E-state index contributed by atoms with van der Waals surface area (Å²) < 4.78 is 7.06. The number of ether oxygens (including phenoxy) is 1. The van der Waals surface area contributed by atoms with Crippen LogP contribution >= 0.6 is 22.6 Å². The average molecular weight is 300 g/mol. The topological polar surface area (TPSA) is 9.23 Å². The van der Waals surface area contributed by atoms with E-state index in [4.69, 9.17) is 4.74 Å². The number of hydrogen-bond donors (Lipinski definition) is 0. The molecular weight excluding hydrogens is 287 g/mol. The Labute approximate surface area is 98.3 Å². The largest absolute Gasteiger partial charge is 0.486 e. The Balaban J connectivity index is 1.99. The standard InChI is InChI=1S/C12H13IO/c13-10-6-8-12(9-7-10)14-11-4-2-1-3-5-11/h2,4,6-9,11H,1,3,5H2. The summed E-state index contributed by atoms with van der Waals surface area (Å²) in [6, 6.07) is 8.21. The van der Waals surface area contributed by atoms with Crippen molar-refractivity contribution in [2.75, 3.05) is 0 Å². The first-order valence-electron chi connectivity index (χ1n) is 4.93. The maximum absolute atomic E-state index is 5.82. The molecule has 1 nitrogen and oxygen atoms in total. The highest BCUT2D eigenvalue weighted by Crippen LogP contribution is 2.19. The van der Waals surface area contributed by atoms with Gasteiger partial charge in [-0.1, -0.05) is 6.08 Å². The second-order valence-corrected chi connectivity index (χ2v) is 4.71. The Kier molecular flexibility index (Phi) is 3.45. The zero-order valence-corrected chi connectivity index (χ0v) is 10.1. The quantitative estimate of drug-likeness (QED) is 0.596. The average Bonchev–Trinajstić information content (AvgIpc) is 2.23. The van der Waals surface area contributed by atoms with Crippen LogP contribution in [0.2, 0.25) is 0 Å². The molecule has 0 aliphatic heterocycles. The lowest BCUT2D eigenvalue weighted by Crippen LogP contribution is -2.15. The third kappa shape index (κ3) is 2.74. The van der Waals surface area contributed by atoms with Crippen LogP contribution < -0.4 is 4.74 Å². The molecule has 0 bridgehead atoms. The van der Waals surface area contributed by atoms with E-state index in [9.17, 15) is 0 Å². The van der Waals surface area contributed by atoms with E-state index < -0.39 is 0 Å². The maximum Gasteiger partial charge on any atom is 0.120 e. The molecule has 0 fully saturated rings. The van der Waals surface area contributed by atoms with Gasteiger partial charge in [-0.3, -0.25) is 0 Å². The summed E-state index contributed by atoms with van der Waals surface area (Å²) in [5.74, 6) is 0.974. The lowest BCUT2D eigenvalue weighted by molar-refractivity contribution is 0.230. The molecular formula is C12H13IO. The molecule has 0 radical (unpaired) electrons. The summed E-state index contributed by atoms with van der Waals surface area (Å²) in [5.41, 5.74) is 0. The molecule has 0 spiro atoms. The zero-order chi connectivity index (χ0) is 9.80. The molecule has 14 heavy (non-hydrogen) atoms. The highest BCUT2D eigenvalue weighted by molar-refractivity contribution is 14.1. The van der Waals surface area contributed by atoms with Crippen LogP contribution in [-0.4, -0.2) is 6.10 Å². The van der Waals surface area contributed by atoms with Crippen LogP contribution in [0.5, 0.6) is 5.75 Å². The van der Waals surface area contributed by atoms with Gasteiger partial charge in [-0.25, -0.2) is 0 Å². The van der Waals surface area contributed by atoms with Crippen LogP contribution in [0.25, 0.3) is 0 Å². The normalized spacial score (nSPS) is 20.8. The van der Waals surface area contributed by atoms with Crippen molar-refractivity contribution < 1.29 is 4.74 Å². The molecule has 1 aliphatic carbocycles. The van der Waals surface area contributed by atoms with E-state index in [2.05, 4.69) is 46.9 Å². The van der Waals surface area contributed by atoms with Gasteiger partial charge in [0.25, 0.3) is 0 Å².